The normalized spacial score (nSPS) is 23.5. The van der Waals surface area contributed by atoms with Gasteiger partial charge in [0.15, 0.2) is 0 Å². The summed E-state index contributed by atoms with van der Waals surface area (Å²) < 4.78 is 10.7. The zero-order chi connectivity index (χ0) is 13.9. The maximum absolute atomic E-state index is 5.66. The predicted octanol–water partition coefficient (Wildman–Crippen LogP) is 4.00. The highest BCUT2D eigenvalue weighted by atomic mass is 16.6. The lowest BCUT2D eigenvalue weighted by Crippen LogP contribution is -2.22. The second-order valence-corrected chi connectivity index (χ2v) is 5.81. The Balaban J connectivity index is 1.80. The third-order valence-corrected chi connectivity index (χ3v) is 4.07. The van der Waals surface area contributed by atoms with Crippen molar-refractivity contribution in [2.45, 2.75) is 96.0 Å². The Kier molecular flexibility index (Phi) is 9.48. The highest BCUT2D eigenvalue weighted by Gasteiger charge is 2.42. The summed E-state index contributed by atoms with van der Waals surface area (Å²) in [4.78, 5) is 0. The number of nitrogens with two attached hydrogens (primary N) is 1. The van der Waals surface area contributed by atoms with Crippen LogP contribution < -0.4 is 5.73 Å². The second-order valence-electron chi connectivity index (χ2n) is 5.81. The zero-order valence-electron chi connectivity index (χ0n) is 12.9. The van der Waals surface area contributed by atoms with E-state index in [0.29, 0.717) is 0 Å². The molecule has 0 bridgehead atoms. The summed E-state index contributed by atoms with van der Waals surface area (Å²) in [6, 6.07) is 0. The minimum atomic E-state index is -0.0759. The molecule has 0 aromatic rings. The molecule has 3 atom stereocenters. The smallest absolute Gasteiger partial charge is 0.135 e. The third kappa shape index (κ3) is 7.91. The summed E-state index contributed by atoms with van der Waals surface area (Å²) >= 11 is 0. The fraction of sp³-hybridized carbons (Fsp3) is 1.00. The van der Waals surface area contributed by atoms with Gasteiger partial charge in [-0.1, -0.05) is 71.1 Å². The molecule has 1 aliphatic heterocycles. The number of methoxy groups -OCH3 is 1. The summed E-state index contributed by atoms with van der Waals surface area (Å²) in [5, 5.41) is 0. The zero-order valence-corrected chi connectivity index (χ0v) is 12.9. The van der Waals surface area contributed by atoms with Gasteiger partial charge in [0.25, 0.3) is 0 Å². The molecule has 114 valence electrons. The van der Waals surface area contributed by atoms with Crippen molar-refractivity contribution in [3.63, 3.8) is 0 Å². The number of rotatable bonds is 13. The van der Waals surface area contributed by atoms with E-state index < -0.39 is 0 Å². The molecule has 0 amide bonds. The molecular weight excluding hydrogens is 238 g/mol. The van der Waals surface area contributed by atoms with E-state index in [4.69, 9.17) is 15.2 Å². The van der Waals surface area contributed by atoms with Crippen LogP contribution in [0.1, 0.15) is 77.6 Å². The molecule has 0 aliphatic carbocycles. The molecule has 0 aromatic carbocycles. The van der Waals surface area contributed by atoms with Crippen molar-refractivity contribution in [2.75, 3.05) is 7.11 Å². The fourth-order valence-electron chi connectivity index (χ4n) is 2.68. The van der Waals surface area contributed by atoms with Gasteiger partial charge in [0.1, 0.15) is 12.3 Å². The molecule has 1 heterocycles. The molecule has 3 nitrogen and oxygen atoms in total. The number of hydrogen-bond donors (Lipinski definition) is 1. The van der Waals surface area contributed by atoms with Crippen LogP contribution in [-0.4, -0.2) is 25.5 Å². The largest absolute Gasteiger partial charge is 0.379 e. The highest BCUT2D eigenvalue weighted by Crippen LogP contribution is 2.26. The molecule has 0 spiro atoms. The lowest BCUT2D eigenvalue weighted by molar-refractivity contribution is 0.0673. The lowest BCUT2D eigenvalue weighted by Gasteiger charge is -2.12. The molecule has 2 N–H and O–H groups in total. The molecule has 0 aromatic heterocycles. The monoisotopic (exact) mass is 271 g/mol. The van der Waals surface area contributed by atoms with Crippen molar-refractivity contribution in [1.29, 1.82) is 0 Å². The SMILES string of the molecule is CCCCCCCCCCCC[C@@H](OC)C1OC1N. The van der Waals surface area contributed by atoms with E-state index in [0.717, 1.165) is 6.42 Å². The number of unbranched alkanes of at least 4 members (excludes halogenated alkanes) is 9. The third-order valence-electron chi connectivity index (χ3n) is 4.07. The van der Waals surface area contributed by atoms with Crippen LogP contribution in [0.15, 0.2) is 0 Å². The van der Waals surface area contributed by atoms with Crippen LogP contribution in [-0.2, 0) is 9.47 Å². The van der Waals surface area contributed by atoms with Crippen molar-refractivity contribution in [3.8, 4) is 0 Å². The summed E-state index contributed by atoms with van der Waals surface area (Å²) in [5.74, 6) is 0. The van der Waals surface area contributed by atoms with E-state index in [1.807, 2.05) is 0 Å². The van der Waals surface area contributed by atoms with Crippen molar-refractivity contribution in [3.05, 3.63) is 0 Å². The standard InChI is InChI=1S/C16H33NO2/c1-3-4-5-6-7-8-9-10-11-12-13-14(18-2)15-16(17)19-15/h14-16H,3-13,17H2,1-2H3/t14-,15?,16?/m1/s1. The van der Waals surface area contributed by atoms with Gasteiger partial charge in [-0.3, -0.25) is 0 Å². The van der Waals surface area contributed by atoms with Crippen molar-refractivity contribution < 1.29 is 9.47 Å². The summed E-state index contributed by atoms with van der Waals surface area (Å²) in [7, 11) is 1.76. The van der Waals surface area contributed by atoms with Gasteiger partial charge in [-0.2, -0.15) is 0 Å². The molecule has 19 heavy (non-hydrogen) atoms. The molecule has 1 aliphatic rings. The average Bonchev–Trinajstić information content (AvgIpc) is 3.13. The Morgan fingerprint density at radius 1 is 0.947 bits per heavy atom. The van der Waals surface area contributed by atoms with E-state index >= 15 is 0 Å². The van der Waals surface area contributed by atoms with Gasteiger partial charge in [0.2, 0.25) is 0 Å². The molecular formula is C16H33NO2. The fourth-order valence-corrected chi connectivity index (χ4v) is 2.68. The summed E-state index contributed by atoms with van der Waals surface area (Å²) in [6.45, 7) is 2.27. The quantitative estimate of drug-likeness (QED) is 0.407. The Bertz CT molecular complexity index is 211. The minimum Gasteiger partial charge on any atom is -0.379 e. The van der Waals surface area contributed by atoms with Crippen LogP contribution in [0.5, 0.6) is 0 Å². The predicted molar refractivity (Wildman–Crippen MR) is 80.1 cm³/mol. The number of hydrogen-bond acceptors (Lipinski definition) is 3. The molecule has 1 saturated heterocycles. The first-order valence-corrected chi connectivity index (χ1v) is 8.23. The van der Waals surface area contributed by atoms with E-state index in [1.54, 1.807) is 7.11 Å². The molecule has 1 rings (SSSR count). The van der Waals surface area contributed by atoms with Gasteiger partial charge >= 0.3 is 0 Å². The van der Waals surface area contributed by atoms with Crippen molar-refractivity contribution in [2.24, 2.45) is 5.73 Å². The Labute approximate surface area is 119 Å². The van der Waals surface area contributed by atoms with E-state index in [2.05, 4.69) is 6.92 Å². The van der Waals surface area contributed by atoms with Gasteiger partial charge in [0, 0.05) is 7.11 Å². The van der Waals surface area contributed by atoms with Gasteiger partial charge in [-0.25, -0.2) is 0 Å². The average molecular weight is 271 g/mol. The molecule has 1 fully saturated rings. The molecule has 0 radical (unpaired) electrons. The van der Waals surface area contributed by atoms with Crippen LogP contribution in [0, 0.1) is 0 Å². The van der Waals surface area contributed by atoms with Gasteiger partial charge in [-0.15, -0.1) is 0 Å². The van der Waals surface area contributed by atoms with Crippen LogP contribution in [0.4, 0.5) is 0 Å². The van der Waals surface area contributed by atoms with Crippen molar-refractivity contribution >= 4 is 0 Å². The Morgan fingerprint density at radius 3 is 1.84 bits per heavy atom. The maximum Gasteiger partial charge on any atom is 0.135 e. The van der Waals surface area contributed by atoms with Crippen LogP contribution in [0.2, 0.25) is 0 Å². The number of epoxide rings is 1. The van der Waals surface area contributed by atoms with Crippen LogP contribution in [0.3, 0.4) is 0 Å². The first kappa shape index (κ1) is 16.9. The first-order chi connectivity index (χ1) is 9.29. The molecule has 0 saturated carbocycles. The Morgan fingerprint density at radius 2 is 1.42 bits per heavy atom. The van der Waals surface area contributed by atoms with Crippen molar-refractivity contribution in [1.82, 2.24) is 0 Å². The maximum atomic E-state index is 5.66. The Hall–Kier alpha value is -0.120. The number of ether oxygens (including phenoxy) is 2. The minimum absolute atomic E-state index is 0.0759. The second kappa shape index (κ2) is 10.6. The topological polar surface area (TPSA) is 47.8 Å². The van der Waals surface area contributed by atoms with E-state index in [9.17, 15) is 0 Å². The summed E-state index contributed by atoms with van der Waals surface area (Å²) in [5.41, 5.74) is 5.66. The highest BCUT2D eigenvalue weighted by molar-refractivity contribution is 4.87. The van der Waals surface area contributed by atoms with Crippen LogP contribution >= 0.6 is 0 Å². The van der Waals surface area contributed by atoms with Gasteiger partial charge < -0.3 is 15.2 Å². The van der Waals surface area contributed by atoms with E-state index in [-0.39, 0.29) is 18.4 Å². The van der Waals surface area contributed by atoms with Gasteiger partial charge in [-0.05, 0) is 6.42 Å². The van der Waals surface area contributed by atoms with E-state index in [1.165, 1.54) is 64.2 Å². The van der Waals surface area contributed by atoms with Gasteiger partial charge in [0.05, 0.1) is 6.10 Å². The first-order valence-electron chi connectivity index (χ1n) is 8.23. The summed E-state index contributed by atoms with van der Waals surface area (Å²) in [6.07, 6.45) is 15.1. The molecule has 3 heteroatoms. The van der Waals surface area contributed by atoms with Crippen LogP contribution in [0.25, 0.3) is 0 Å². The lowest BCUT2D eigenvalue weighted by atomic mass is 10.0. The molecule has 2 unspecified atom stereocenters.